The van der Waals surface area contributed by atoms with Crippen molar-refractivity contribution in [3.05, 3.63) is 41.4 Å². The third kappa shape index (κ3) is 4.33. The second-order valence-corrected chi connectivity index (χ2v) is 6.02. The van der Waals surface area contributed by atoms with Gasteiger partial charge in [0.05, 0.1) is 6.04 Å². The molecular formula is C15H18N4O3S. The normalized spacial score (nSPS) is 12.0. The van der Waals surface area contributed by atoms with E-state index in [9.17, 15) is 9.59 Å². The quantitative estimate of drug-likeness (QED) is 0.900. The van der Waals surface area contributed by atoms with Crippen LogP contribution in [0.1, 0.15) is 19.4 Å². The lowest BCUT2D eigenvalue weighted by Gasteiger charge is -2.22. The summed E-state index contributed by atoms with van der Waals surface area (Å²) in [5.74, 6) is -0.686. The second kappa shape index (κ2) is 7.80. The summed E-state index contributed by atoms with van der Waals surface area (Å²) in [5.41, 5.74) is 8.12. The molecule has 0 saturated heterocycles. The minimum absolute atomic E-state index is 0.0547. The van der Waals surface area contributed by atoms with E-state index in [0.717, 1.165) is 21.8 Å². The zero-order chi connectivity index (χ0) is 16.8. The van der Waals surface area contributed by atoms with Crippen LogP contribution in [0.25, 0.3) is 0 Å². The van der Waals surface area contributed by atoms with E-state index in [-0.39, 0.29) is 17.7 Å². The number of imide groups is 1. The lowest BCUT2D eigenvalue weighted by atomic mass is 10.0. The first-order valence-corrected chi connectivity index (χ1v) is 7.95. The lowest BCUT2D eigenvalue weighted by molar-refractivity contribution is -0.120. The van der Waals surface area contributed by atoms with Crippen molar-refractivity contribution in [2.45, 2.75) is 26.5 Å². The molecule has 23 heavy (non-hydrogen) atoms. The van der Waals surface area contributed by atoms with Crippen molar-refractivity contribution in [2.75, 3.05) is 4.90 Å². The number of benzene rings is 1. The molecule has 0 saturated carbocycles. The number of aromatic nitrogens is 2. The zero-order valence-electron chi connectivity index (χ0n) is 12.9. The maximum Gasteiger partial charge on any atom is 0.423 e. The molecule has 0 radical (unpaired) electrons. The molecule has 2 N–H and O–H groups in total. The van der Waals surface area contributed by atoms with Crippen molar-refractivity contribution >= 4 is 28.5 Å². The van der Waals surface area contributed by atoms with E-state index in [0.29, 0.717) is 0 Å². The number of hydrogen-bond donors (Lipinski definition) is 1. The third-order valence-electron chi connectivity index (χ3n) is 3.15. The minimum atomic E-state index is -0.830. The molecule has 0 fully saturated rings. The van der Waals surface area contributed by atoms with Crippen LogP contribution >= 0.6 is 11.3 Å². The maximum absolute atomic E-state index is 12.5. The van der Waals surface area contributed by atoms with Gasteiger partial charge in [-0.05, 0) is 11.5 Å². The SMILES string of the molecule is CC(C)C(N)C(=O)N(C(=O)OCc1ccccc1)c1nncs1. The van der Waals surface area contributed by atoms with E-state index in [1.165, 1.54) is 5.51 Å². The molecule has 1 aromatic carbocycles. The number of nitrogens with zero attached hydrogens (tertiary/aromatic N) is 3. The van der Waals surface area contributed by atoms with E-state index < -0.39 is 18.0 Å². The van der Waals surface area contributed by atoms with E-state index in [4.69, 9.17) is 10.5 Å². The van der Waals surface area contributed by atoms with Crippen molar-refractivity contribution in [1.82, 2.24) is 10.2 Å². The Bertz CT molecular complexity index is 646. The Morgan fingerprint density at radius 2 is 2.00 bits per heavy atom. The maximum atomic E-state index is 12.5. The molecule has 8 heteroatoms. The van der Waals surface area contributed by atoms with Crippen LogP contribution in [0.3, 0.4) is 0 Å². The van der Waals surface area contributed by atoms with Gasteiger partial charge < -0.3 is 10.5 Å². The van der Waals surface area contributed by atoms with Crippen molar-refractivity contribution in [1.29, 1.82) is 0 Å². The van der Waals surface area contributed by atoms with Crippen LogP contribution in [0.5, 0.6) is 0 Å². The van der Waals surface area contributed by atoms with E-state index in [1.807, 2.05) is 30.3 Å². The molecular weight excluding hydrogens is 316 g/mol. The number of nitrogens with two attached hydrogens (primary N) is 1. The van der Waals surface area contributed by atoms with Crippen molar-refractivity contribution in [3.63, 3.8) is 0 Å². The fourth-order valence-electron chi connectivity index (χ4n) is 1.75. The third-order valence-corrected chi connectivity index (χ3v) is 3.83. The number of amides is 2. The van der Waals surface area contributed by atoms with Gasteiger partial charge in [-0.1, -0.05) is 55.5 Å². The van der Waals surface area contributed by atoms with Gasteiger partial charge in [0.1, 0.15) is 12.1 Å². The molecule has 2 amide bonds. The molecule has 122 valence electrons. The van der Waals surface area contributed by atoms with Crippen LogP contribution in [-0.4, -0.2) is 28.2 Å². The Morgan fingerprint density at radius 1 is 1.30 bits per heavy atom. The Morgan fingerprint density at radius 3 is 2.57 bits per heavy atom. The van der Waals surface area contributed by atoms with Crippen LogP contribution < -0.4 is 10.6 Å². The summed E-state index contributed by atoms with van der Waals surface area (Å²) in [4.78, 5) is 25.7. The topological polar surface area (TPSA) is 98.4 Å². The molecule has 1 unspecified atom stereocenters. The highest BCUT2D eigenvalue weighted by molar-refractivity contribution is 7.13. The lowest BCUT2D eigenvalue weighted by Crippen LogP contribution is -2.49. The van der Waals surface area contributed by atoms with E-state index in [1.54, 1.807) is 13.8 Å². The number of carbonyl (C=O) groups excluding carboxylic acids is 2. The average molecular weight is 334 g/mol. The summed E-state index contributed by atoms with van der Waals surface area (Å²) in [6.07, 6.45) is -0.813. The predicted octanol–water partition coefficient (Wildman–Crippen LogP) is 2.19. The highest BCUT2D eigenvalue weighted by Crippen LogP contribution is 2.19. The number of rotatable bonds is 5. The van der Waals surface area contributed by atoms with Gasteiger partial charge in [-0.25, -0.2) is 4.79 Å². The molecule has 2 rings (SSSR count). The van der Waals surface area contributed by atoms with Gasteiger partial charge in [0, 0.05) is 0 Å². The largest absolute Gasteiger partial charge is 0.444 e. The standard InChI is InChI=1S/C15H18N4O3S/c1-10(2)12(16)13(20)19(14-18-17-9-23-14)15(21)22-8-11-6-4-3-5-7-11/h3-7,9-10,12H,8,16H2,1-2H3. The number of carbonyl (C=O) groups is 2. The Kier molecular flexibility index (Phi) is 5.78. The number of ether oxygens (including phenoxy) is 1. The molecule has 2 aromatic rings. The summed E-state index contributed by atoms with van der Waals surface area (Å²) in [6, 6.07) is 8.36. The monoisotopic (exact) mass is 334 g/mol. The first-order chi connectivity index (χ1) is 11.0. The van der Waals surface area contributed by atoms with Crippen molar-refractivity contribution < 1.29 is 14.3 Å². The summed E-state index contributed by atoms with van der Waals surface area (Å²) in [5, 5.41) is 7.57. The summed E-state index contributed by atoms with van der Waals surface area (Å²) in [6.45, 7) is 3.66. The van der Waals surface area contributed by atoms with Gasteiger partial charge in [0.2, 0.25) is 5.13 Å². The Balaban J connectivity index is 2.14. The highest BCUT2D eigenvalue weighted by Gasteiger charge is 2.33. The number of hydrogen-bond acceptors (Lipinski definition) is 7. The fourth-order valence-corrected chi connectivity index (χ4v) is 2.30. The van der Waals surface area contributed by atoms with Gasteiger partial charge in [-0.15, -0.1) is 10.2 Å². The second-order valence-electron chi connectivity index (χ2n) is 5.20. The van der Waals surface area contributed by atoms with Crippen LogP contribution in [0.4, 0.5) is 9.93 Å². The van der Waals surface area contributed by atoms with Crippen molar-refractivity contribution in [3.8, 4) is 0 Å². The highest BCUT2D eigenvalue weighted by atomic mass is 32.1. The Labute approximate surface area is 138 Å². The van der Waals surface area contributed by atoms with Gasteiger partial charge in [0.25, 0.3) is 5.91 Å². The molecule has 7 nitrogen and oxygen atoms in total. The van der Waals surface area contributed by atoms with Gasteiger partial charge in [-0.2, -0.15) is 4.90 Å². The van der Waals surface area contributed by atoms with Gasteiger partial charge in [-0.3, -0.25) is 4.79 Å². The van der Waals surface area contributed by atoms with Crippen LogP contribution in [0.2, 0.25) is 0 Å². The Hall–Kier alpha value is -2.32. The summed E-state index contributed by atoms with van der Waals surface area (Å²) in [7, 11) is 0. The summed E-state index contributed by atoms with van der Waals surface area (Å²) < 4.78 is 5.21. The first-order valence-electron chi connectivity index (χ1n) is 7.07. The average Bonchev–Trinajstić information content (AvgIpc) is 3.07. The number of anilines is 1. The predicted molar refractivity (Wildman–Crippen MR) is 86.8 cm³/mol. The minimum Gasteiger partial charge on any atom is -0.444 e. The van der Waals surface area contributed by atoms with Gasteiger partial charge in [0.15, 0.2) is 0 Å². The molecule has 0 aliphatic heterocycles. The molecule has 0 aliphatic carbocycles. The molecule has 1 heterocycles. The molecule has 1 atom stereocenters. The zero-order valence-corrected chi connectivity index (χ0v) is 13.7. The van der Waals surface area contributed by atoms with Crippen LogP contribution in [-0.2, 0) is 16.1 Å². The van der Waals surface area contributed by atoms with E-state index in [2.05, 4.69) is 10.2 Å². The molecule has 1 aromatic heterocycles. The van der Waals surface area contributed by atoms with Crippen molar-refractivity contribution in [2.24, 2.45) is 11.7 Å². The molecule has 0 spiro atoms. The van der Waals surface area contributed by atoms with Crippen LogP contribution in [0.15, 0.2) is 35.8 Å². The molecule has 0 bridgehead atoms. The first kappa shape index (κ1) is 17.0. The summed E-state index contributed by atoms with van der Waals surface area (Å²) >= 11 is 1.06. The smallest absolute Gasteiger partial charge is 0.423 e. The van der Waals surface area contributed by atoms with Gasteiger partial charge >= 0.3 is 6.09 Å². The van der Waals surface area contributed by atoms with E-state index >= 15 is 0 Å². The van der Waals surface area contributed by atoms with Crippen LogP contribution in [0, 0.1) is 5.92 Å². The molecule has 0 aliphatic rings. The fraction of sp³-hybridized carbons (Fsp3) is 0.333.